The number of carbonyl (C=O) groups excluding carboxylic acids is 2. The van der Waals surface area contributed by atoms with E-state index in [4.69, 9.17) is 0 Å². The molecule has 2 heterocycles. The predicted molar refractivity (Wildman–Crippen MR) is 81.9 cm³/mol. The summed E-state index contributed by atoms with van der Waals surface area (Å²) in [6.45, 7) is 2.80. The first kappa shape index (κ1) is 16.0. The van der Waals surface area contributed by atoms with Crippen LogP contribution in [-0.2, 0) is 9.59 Å². The molecule has 5 nitrogen and oxygen atoms in total. The number of hydrogen-bond donors (Lipinski definition) is 2. The van der Waals surface area contributed by atoms with Crippen LogP contribution in [0.2, 0.25) is 0 Å². The lowest BCUT2D eigenvalue weighted by atomic mass is 10.1. The molecule has 2 atom stereocenters. The van der Waals surface area contributed by atoms with E-state index in [2.05, 4.69) is 5.32 Å². The van der Waals surface area contributed by atoms with Crippen molar-refractivity contribution in [3.8, 4) is 0 Å². The van der Waals surface area contributed by atoms with Crippen LogP contribution in [0, 0.1) is 0 Å². The molecule has 0 saturated carbocycles. The van der Waals surface area contributed by atoms with Crippen molar-refractivity contribution >= 4 is 23.2 Å². The third-order valence-electron chi connectivity index (χ3n) is 3.74. The average molecular weight is 310 g/mol. The highest BCUT2D eigenvalue weighted by Crippen LogP contribution is 2.20. The summed E-state index contributed by atoms with van der Waals surface area (Å²) in [7, 11) is 0. The molecule has 0 aliphatic carbocycles. The van der Waals surface area contributed by atoms with Crippen molar-refractivity contribution in [1.82, 2.24) is 10.2 Å². The van der Waals surface area contributed by atoms with Crippen molar-refractivity contribution < 1.29 is 14.7 Å². The van der Waals surface area contributed by atoms with Crippen molar-refractivity contribution in [2.75, 3.05) is 13.1 Å². The van der Waals surface area contributed by atoms with Gasteiger partial charge in [-0.25, -0.2) is 0 Å². The van der Waals surface area contributed by atoms with Crippen LogP contribution in [0.4, 0.5) is 0 Å². The summed E-state index contributed by atoms with van der Waals surface area (Å²) in [5.74, 6) is -0.111. The number of hydrogen-bond acceptors (Lipinski definition) is 4. The van der Waals surface area contributed by atoms with Crippen LogP contribution in [0.1, 0.15) is 44.3 Å². The molecule has 1 fully saturated rings. The highest BCUT2D eigenvalue weighted by Gasteiger charge is 2.33. The molecule has 6 heteroatoms. The first-order valence-electron chi connectivity index (χ1n) is 7.40. The van der Waals surface area contributed by atoms with Crippen LogP contribution in [0.15, 0.2) is 16.8 Å². The van der Waals surface area contributed by atoms with E-state index in [1.165, 1.54) is 11.3 Å². The van der Waals surface area contributed by atoms with Crippen molar-refractivity contribution in [3.05, 3.63) is 22.4 Å². The lowest BCUT2D eigenvalue weighted by molar-refractivity contribution is -0.138. The Morgan fingerprint density at radius 3 is 3.05 bits per heavy atom. The number of nitrogens with zero attached hydrogens (tertiary/aromatic N) is 1. The molecule has 21 heavy (non-hydrogen) atoms. The molecule has 1 aliphatic rings. The molecule has 2 amide bonds. The van der Waals surface area contributed by atoms with Crippen molar-refractivity contribution in [2.24, 2.45) is 0 Å². The molecule has 0 spiro atoms. The van der Waals surface area contributed by atoms with Crippen LogP contribution in [0.25, 0.3) is 0 Å². The van der Waals surface area contributed by atoms with E-state index in [1.807, 2.05) is 23.8 Å². The van der Waals surface area contributed by atoms with Gasteiger partial charge < -0.3 is 15.3 Å². The summed E-state index contributed by atoms with van der Waals surface area (Å²) in [4.78, 5) is 25.9. The second-order valence-electron chi connectivity index (χ2n) is 5.31. The second kappa shape index (κ2) is 7.56. The quantitative estimate of drug-likeness (QED) is 0.840. The van der Waals surface area contributed by atoms with Gasteiger partial charge in [0.15, 0.2) is 0 Å². The van der Waals surface area contributed by atoms with E-state index >= 15 is 0 Å². The lowest BCUT2D eigenvalue weighted by Gasteiger charge is -2.24. The largest absolute Gasteiger partial charge is 0.387 e. The van der Waals surface area contributed by atoms with Gasteiger partial charge >= 0.3 is 0 Å². The van der Waals surface area contributed by atoms with Gasteiger partial charge in [0.1, 0.15) is 6.04 Å². The molecule has 0 aromatic carbocycles. The Kier molecular flexibility index (Phi) is 5.76. The number of aliphatic hydroxyl groups is 1. The molecule has 0 radical (unpaired) electrons. The highest BCUT2D eigenvalue weighted by atomic mass is 32.1. The third-order valence-corrected chi connectivity index (χ3v) is 4.44. The Bertz CT molecular complexity index is 475. The SMILES string of the molecule is CCCC(=O)N1CCC[C@@H]1C(=O)NC[C@H](O)c1ccsc1. The number of amides is 2. The van der Waals surface area contributed by atoms with E-state index in [0.717, 1.165) is 18.4 Å². The molecule has 1 aliphatic heterocycles. The summed E-state index contributed by atoms with van der Waals surface area (Å²) in [5, 5.41) is 16.5. The topological polar surface area (TPSA) is 69.6 Å². The van der Waals surface area contributed by atoms with Gasteiger partial charge in [-0.1, -0.05) is 6.92 Å². The van der Waals surface area contributed by atoms with Crippen LogP contribution < -0.4 is 5.32 Å². The fourth-order valence-electron chi connectivity index (χ4n) is 2.59. The zero-order chi connectivity index (χ0) is 15.2. The third kappa shape index (κ3) is 4.04. The molecule has 0 unspecified atom stereocenters. The van der Waals surface area contributed by atoms with Gasteiger partial charge in [-0.2, -0.15) is 11.3 Å². The smallest absolute Gasteiger partial charge is 0.242 e. The molecule has 1 aromatic heterocycles. The van der Waals surface area contributed by atoms with Gasteiger partial charge in [-0.15, -0.1) is 0 Å². The Morgan fingerprint density at radius 1 is 1.57 bits per heavy atom. The molecule has 1 aromatic rings. The minimum absolute atomic E-state index is 0.0496. The summed E-state index contributed by atoms with van der Waals surface area (Å²) < 4.78 is 0. The van der Waals surface area contributed by atoms with Crippen LogP contribution >= 0.6 is 11.3 Å². The maximum atomic E-state index is 12.2. The normalized spacial score (nSPS) is 19.5. The van der Waals surface area contributed by atoms with Gasteiger partial charge in [0, 0.05) is 19.5 Å². The zero-order valence-corrected chi connectivity index (χ0v) is 13.1. The monoisotopic (exact) mass is 310 g/mol. The minimum Gasteiger partial charge on any atom is -0.387 e. The van der Waals surface area contributed by atoms with Gasteiger partial charge in [0.25, 0.3) is 0 Å². The molecule has 2 rings (SSSR count). The maximum absolute atomic E-state index is 12.2. The maximum Gasteiger partial charge on any atom is 0.242 e. The van der Waals surface area contributed by atoms with Crippen molar-refractivity contribution in [1.29, 1.82) is 0 Å². The van der Waals surface area contributed by atoms with E-state index in [1.54, 1.807) is 4.90 Å². The number of carbonyl (C=O) groups is 2. The fourth-order valence-corrected chi connectivity index (χ4v) is 3.30. The Balaban J connectivity index is 1.86. The summed E-state index contributed by atoms with van der Waals surface area (Å²) >= 11 is 1.51. The predicted octanol–water partition coefficient (Wildman–Crippen LogP) is 1.69. The molecular weight excluding hydrogens is 288 g/mol. The summed E-state index contributed by atoms with van der Waals surface area (Å²) in [5.41, 5.74) is 0.811. The molecule has 2 N–H and O–H groups in total. The lowest BCUT2D eigenvalue weighted by Crippen LogP contribution is -2.46. The van der Waals surface area contributed by atoms with E-state index in [-0.39, 0.29) is 24.4 Å². The van der Waals surface area contributed by atoms with Gasteiger partial charge in [0.2, 0.25) is 11.8 Å². The standard InChI is InChI=1S/C15H22N2O3S/c1-2-4-14(19)17-7-3-5-12(17)15(20)16-9-13(18)11-6-8-21-10-11/h6,8,10,12-13,18H,2-5,7,9H2,1H3,(H,16,20)/t12-,13+/m1/s1. The highest BCUT2D eigenvalue weighted by molar-refractivity contribution is 7.07. The van der Waals surface area contributed by atoms with Crippen molar-refractivity contribution in [2.45, 2.75) is 44.8 Å². The number of rotatable bonds is 6. The average Bonchev–Trinajstić information content (AvgIpc) is 3.14. The van der Waals surface area contributed by atoms with Crippen LogP contribution in [-0.4, -0.2) is 41.0 Å². The fraction of sp³-hybridized carbons (Fsp3) is 0.600. The number of thiophene rings is 1. The van der Waals surface area contributed by atoms with Gasteiger partial charge in [-0.05, 0) is 41.7 Å². The number of nitrogens with one attached hydrogen (secondary N) is 1. The van der Waals surface area contributed by atoms with Crippen LogP contribution in [0.3, 0.4) is 0 Å². The minimum atomic E-state index is -0.693. The van der Waals surface area contributed by atoms with Crippen LogP contribution in [0.5, 0.6) is 0 Å². The summed E-state index contributed by atoms with van der Waals surface area (Å²) in [6.07, 6.45) is 2.15. The molecular formula is C15H22N2O3S. The first-order chi connectivity index (χ1) is 10.1. The van der Waals surface area contributed by atoms with E-state index in [0.29, 0.717) is 19.4 Å². The Labute approximate surface area is 129 Å². The Hall–Kier alpha value is -1.40. The van der Waals surface area contributed by atoms with Crippen molar-refractivity contribution in [3.63, 3.8) is 0 Å². The second-order valence-corrected chi connectivity index (χ2v) is 6.09. The number of likely N-dealkylation sites (tertiary alicyclic amines) is 1. The van der Waals surface area contributed by atoms with Gasteiger partial charge in [-0.3, -0.25) is 9.59 Å². The van der Waals surface area contributed by atoms with Gasteiger partial charge in [0.05, 0.1) is 6.10 Å². The molecule has 1 saturated heterocycles. The Morgan fingerprint density at radius 2 is 2.38 bits per heavy atom. The summed E-state index contributed by atoms with van der Waals surface area (Å²) in [6, 6.07) is 1.47. The van der Waals surface area contributed by atoms with E-state index < -0.39 is 6.10 Å². The molecule has 116 valence electrons. The zero-order valence-electron chi connectivity index (χ0n) is 12.2. The van der Waals surface area contributed by atoms with E-state index in [9.17, 15) is 14.7 Å². The molecule has 0 bridgehead atoms. The first-order valence-corrected chi connectivity index (χ1v) is 8.35. The number of aliphatic hydroxyl groups excluding tert-OH is 1.